The highest BCUT2D eigenvalue weighted by Crippen LogP contribution is 2.34. The third kappa shape index (κ3) is 4.11. The summed E-state index contributed by atoms with van der Waals surface area (Å²) in [5.41, 5.74) is 2.10. The van der Waals surface area contributed by atoms with Crippen molar-refractivity contribution in [3.8, 4) is 0 Å². The Morgan fingerprint density at radius 3 is 2.65 bits per heavy atom. The van der Waals surface area contributed by atoms with Crippen molar-refractivity contribution in [1.29, 1.82) is 0 Å². The Balaban J connectivity index is 1.68. The van der Waals surface area contributed by atoms with Gasteiger partial charge in [0, 0.05) is 13.1 Å². The first-order chi connectivity index (χ1) is 12.6. The van der Waals surface area contributed by atoms with Crippen LogP contribution < -0.4 is 0 Å². The monoisotopic (exact) mass is 352 g/mol. The van der Waals surface area contributed by atoms with E-state index in [1.165, 1.54) is 4.90 Å². The number of urea groups is 1. The normalized spacial score (nSPS) is 22.7. The lowest BCUT2D eigenvalue weighted by molar-refractivity contribution is -0.128. The van der Waals surface area contributed by atoms with Crippen molar-refractivity contribution >= 4 is 11.9 Å². The van der Waals surface area contributed by atoms with E-state index < -0.39 is 0 Å². The number of epoxide rings is 1. The van der Waals surface area contributed by atoms with E-state index in [2.05, 4.69) is 13.2 Å². The minimum absolute atomic E-state index is 0.161. The Morgan fingerprint density at radius 1 is 1.19 bits per heavy atom. The van der Waals surface area contributed by atoms with Crippen LogP contribution >= 0.6 is 0 Å². The zero-order chi connectivity index (χ0) is 18.5. The van der Waals surface area contributed by atoms with E-state index in [9.17, 15) is 9.59 Å². The van der Waals surface area contributed by atoms with Crippen molar-refractivity contribution < 1.29 is 14.3 Å². The van der Waals surface area contributed by atoms with Crippen LogP contribution in [0.25, 0.3) is 0 Å². The van der Waals surface area contributed by atoms with E-state index in [0.29, 0.717) is 25.9 Å². The SMILES string of the molecule is C=C/C=C(\C=C)CCN1C(=O)N(CCc2ccccc2)C(=O)CC2OC21. The summed E-state index contributed by atoms with van der Waals surface area (Å²) in [6.07, 6.45) is 6.43. The number of nitrogens with zero attached hydrogens (tertiary/aromatic N) is 2. The average molecular weight is 352 g/mol. The van der Waals surface area contributed by atoms with Crippen LogP contribution in [0.4, 0.5) is 4.79 Å². The minimum atomic E-state index is -0.289. The van der Waals surface area contributed by atoms with Crippen LogP contribution in [0.3, 0.4) is 0 Å². The molecule has 0 spiro atoms. The molecule has 2 saturated heterocycles. The second kappa shape index (κ2) is 8.15. The number of fused-ring (bicyclic) bond motifs is 1. The molecule has 3 amide bonds. The number of carbonyl (C=O) groups excluding carboxylic acids is 2. The zero-order valence-corrected chi connectivity index (χ0v) is 14.8. The lowest BCUT2D eigenvalue weighted by Gasteiger charge is -2.27. The number of hydrogen-bond acceptors (Lipinski definition) is 3. The zero-order valence-electron chi connectivity index (χ0n) is 14.8. The van der Waals surface area contributed by atoms with Crippen molar-refractivity contribution in [1.82, 2.24) is 9.80 Å². The molecule has 0 saturated carbocycles. The Hall–Kier alpha value is -2.66. The van der Waals surface area contributed by atoms with Crippen molar-refractivity contribution in [3.63, 3.8) is 0 Å². The van der Waals surface area contributed by atoms with Crippen LogP contribution in [0.1, 0.15) is 18.4 Å². The molecule has 2 fully saturated rings. The van der Waals surface area contributed by atoms with Crippen LogP contribution in [-0.2, 0) is 16.0 Å². The van der Waals surface area contributed by atoms with Crippen molar-refractivity contribution in [3.05, 3.63) is 72.9 Å². The molecule has 136 valence electrons. The molecular weight excluding hydrogens is 328 g/mol. The van der Waals surface area contributed by atoms with Crippen molar-refractivity contribution in [2.75, 3.05) is 13.1 Å². The molecule has 2 aliphatic heterocycles. The molecule has 1 aromatic rings. The van der Waals surface area contributed by atoms with E-state index in [4.69, 9.17) is 4.74 Å². The second-order valence-electron chi connectivity index (χ2n) is 6.46. The quantitative estimate of drug-likeness (QED) is 0.533. The highest BCUT2D eigenvalue weighted by molar-refractivity contribution is 5.96. The molecule has 0 radical (unpaired) electrons. The summed E-state index contributed by atoms with van der Waals surface area (Å²) in [4.78, 5) is 28.5. The lowest BCUT2D eigenvalue weighted by Crippen LogP contribution is -2.46. The second-order valence-corrected chi connectivity index (χ2v) is 6.46. The van der Waals surface area contributed by atoms with Crippen LogP contribution in [-0.4, -0.2) is 47.2 Å². The molecule has 1 aromatic carbocycles. The van der Waals surface area contributed by atoms with Gasteiger partial charge in [-0.15, -0.1) is 0 Å². The maximum atomic E-state index is 13.0. The molecule has 5 nitrogen and oxygen atoms in total. The molecule has 3 rings (SSSR count). The molecule has 5 heteroatoms. The van der Waals surface area contributed by atoms with Gasteiger partial charge < -0.3 is 4.74 Å². The van der Waals surface area contributed by atoms with Gasteiger partial charge in [0.15, 0.2) is 6.23 Å². The molecule has 0 bridgehead atoms. The largest absolute Gasteiger partial charge is 0.347 e. The van der Waals surface area contributed by atoms with Crippen LogP contribution in [0.2, 0.25) is 0 Å². The van der Waals surface area contributed by atoms with E-state index >= 15 is 0 Å². The van der Waals surface area contributed by atoms with Crippen LogP contribution in [0.15, 0.2) is 67.3 Å². The topological polar surface area (TPSA) is 53.2 Å². The fraction of sp³-hybridized carbons (Fsp3) is 0.333. The third-order valence-electron chi connectivity index (χ3n) is 4.72. The van der Waals surface area contributed by atoms with E-state index in [-0.39, 0.29) is 30.7 Å². The van der Waals surface area contributed by atoms with E-state index in [1.807, 2.05) is 36.4 Å². The van der Waals surface area contributed by atoms with Gasteiger partial charge in [-0.05, 0) is 24.0 Å². The van der Waals surface area contributed by atoms with Crippen molar-refractivity contribution in [2.45, 2.75) is 31.6 Å². The molecule has 26 heavy (non-hydrogen) atoms. The first-order valence-electron chi connectivity index (χ1n) is 8.88. The summed E-state index contributed by atoms with van der Waals surface area (Å²) < 4.78 is 5.54. The molecule has 0 aliphatic carbocycles. The van der Waals surface area contributed by atoms with Gasteiger partial charge in [-0.3, -0.25) is 14.6 Å². The minimum Gasteiger partial charge on any atom is -0.347 e. The van der Waals surface area contributed by atoms with Crippen LogP contribution in [0.5, 0.6) is 0 Å². The fourth-order valence-electron chi connectivity index (χ4n) is 3.19. The predicted octanol–water partition coefficient (Wildman–Crippen LogP) is 3.30. The summed E-state index contributed by atoms with van der Waals surface area (Å²) in [6.45, 7) is 8.34. The van der Waals surface area contributed by atoms with E-state index in [1.54, 1.807) is 17.1 Å². The van der Waals surface area contributed by atoms with Gasteiger partial charge in [-0.2, -0.15) is 0 Å². The van der Waals surface area contributed by atoms with Crippen molar-refractivity contribution in [2.24, 2.45) is 0 Å². The van der Waals surface area contributed by atoms with Gasteiger partial charge in [0.25, 0.3) is 0 Å². The number of imide groups is 1. The maximum absolute atomic E-state index is 13.0. The number of amides is 3. The van der Waals surface area contributed by atoms with Gasteiger partial charge in [0.2, 0.25) is 5.91 Å². The summed E-state index contributed by atoms with van der Waals surface area (Å²) in [6, 6.07) is 9.60. The van der Waals surface area contributed by atoms with Gasteiger partial charge >= 0.3 is 6.03 Å². The first kappa shape index (κ1) is 18.1. The molecule has 2 atom stereocenters. The molecular formula is C21H24N2O3. The Labute approximate surface area is 154 Å². The molecule has 0 aromatic heterocycles. The highest BCUT2D eigenvalue weighted by atomic mass is 16.6. The third-order valence-corrected chi connectivity index (χ3v) is 4.72. The number of hydrogen-bond donors (Lipinski definition) is 0. The first-order valence-corrected chi connectivity index (χ1v) is 8.88. The van der Waals surface area contributed by atoms with Crippen LogP contribution in [0, 0.1) is 0 Å². The number of rotatable bonds is 8. The lowest BCUT2D eigenvalue weighted by atomic mass is 10.1. The smallest absolute Gasteiger partial charge is 0.328 e. The Morgan fingerprint density at radius 2 is 1.96 bits per heavy atom. The van der Waals surface area contributed by atoms with Gasteiger partial charge in [0.1, 0.15) is 6.10 Å². The van der Waals surface area contributed by atoms with Gasteiger partial charge in [-0.25, -0.2) is 4.79 Å². The summed E-state index contributed by atoms with van der Waals surface area (Å²) in [5.74, 6) is -0.161. The standard InChI is InChI=1S/C21H24N2O3/c1-3-8-16(4-2)11-14-23-20-18(26-20)15-19(24)22(21(23)25)13-12-17-9-6-5-7-10-17/h3-10,18,20H,1-2,11-15H2/b16-8+. The molecule has 2 heterocycles. The predicted molar refractivity (Wildman–Crippen MR) is 100 cm³/mol. The Bertz CT molecular complexity index is 726. The molecule has 2 unspecified atom stereocenters. The number of allylic oxidation sites excluding steroid dienone is 3. The summed E-state index contributed by atoms with van der Waals surface area (Å²) in [5, 5.41) is 0. The Kier molecular flexibility index (Phi) is 5.68. The van der Waals surface area contributed by atoms with Gasteiger partial charge in [-0.1, -0.05) is 61.7 Å². The number of ether oxygens (including phenoxy) is 1. The van der Waals surface area contributed by atoms with E-state index in [0.717, 1.165) is 11.1 Å². The average Bonchev–Trinajstić information content (AvgIpc) is 3.41. The maximum Gasteiger partial charge on any atom is 0.328 e. The summed E-state index contributed by atoms with van der Waals surface area (Å²) >= 11 is 0. The highest BCUT2D eigenvalue weighted by Gasteiger charge is 2.51. The number of carbonyl (C=O) groups is 2. The van der Waals surface area contributed by atoms with Gasteiger partial charge in [0.05, 0.1) is 6.42 Å². The molecule has 0 N–H and O–H groups in total. The fourth-order valence-corrected chi connectivity index (χ4v) is 3.19. The number of benzene rings is 1. The summed E-state index contributed by atoms with van der Waals surface area (Å²) in [7, 11) is 0. The molecule has 2 aliphatic rings.